The summed E-state index contributed by atoms with van der Waals surface area (Å²) < 4.78 is 0. The van der Waals surface area contributed by atoms with E-state index in [1.165, 1.54) is 17.9 Å². The summed E-state index contributed by atoms with van der Waals surface area (Å²) in [4.78, 5) is 4.65. The van der Waals surface area contributed by atoms with Crippen molar-refractivity contribution in [1.29, 1.82) is 0 Å². The minimum absolute atomic E-state index is 0.229. The van der Waals surface area contributed by atoms with E-state index < -0.39 is 0 Å². The molecule has 1 aliphatic heterocycles. The number of thioether (sulfide) groups is 2. The number of amidine groups is 1. The average Bonchev–Trinajstić information content (AvgIpc) is 2.14. The van der Waals surface area contributed by atoms with Gasteiger partial charge in [0.05, 0.1) is 0 Å². The Morgan fingerprint density at radius 3 is 2.93 bits per heavy atom. The van der Waals surface area contributed by atoms with Crippen LogP contribution in [0.15, 0.2) is 4.99 Å². The number of hydrogen-bond donors (Lipinski definition) is 1. The molecule has 1 rings (SSSR count). The number of aliphatic imine (C=N–C) groups is 1. The maximum absolute atomic E-state index is 4.65. The topological polar surface area (TPSA) is 24.4 Å². The van der Waals surface area contributed by atoms with E-state index in [2.05, 4.69) is 37.3 Å². The van der Waals surface area contributed by atoms with Gasteiger partial charge in [-0.15, -0.1) is 0 Å². The van der Waals surface area contributed by atoms with E-state index in [9.17, 15) is 0 Å². The first-order valence-electron chi connectivity index (χ1n) is 5.48. The van der Waals surface area contributed by atoms with E-state index in [0.29, 0.717) is 5.92 Å². The van der Waals surface area contributed by atoms with E-state index in [0.717, 1.165) is 11.7 Å². The summed E-state index contributed by atoms with van der Waals surface area (Å²) in [6.07, 6.45) is 3.37. The molecule has 0 amide bonds. The lowest BCUT2D eigenvalue weighted by atomic mass is 10.0. The molecule has 1 fully saturated rings. The Bertz CT molecular complexity index is 227. The Morgan fingerprint density at radius 1 is 1.60 bits per heavy atom. The van der Waals surface area contributed by atoms with Crippen LogP contribution in [0.4, 0.5) is 0 Å². The SMILES string of the molecule is CSCC(C)CN=C1NC(C)(C)CCS1. The van der Waals surface area contributed by atoms with Gasteiger partial charge in [-0.25, -0.2) is 0 Å². The molecule has 1 unspecified atom stereocenters. The number of hydrogen-bond acceptors (Lipinski definition) is 3. The van der Waals surface area contributed by atoms with Crippen molar-refractivity contribution in [2.45, 2.75) is 32.7 Å². The Morgan fingerprint density at radius 2 is 2.33 bits per heavy atom. The van der Waals surface area contributed by atoms with Gasteiger partial charge in [0.25, 0.3) is 0 Å². The quantitative estimate of drug-likeness (QED) is 0.825. The number of nitrogens with one attached hydrogen (secondary N) is 1. The summed E-state index contributed by atoms with van der Waals surface area (Å²) in [6.45, 7) is 7.70. The van der Waals surface area contributed by atoms with Crippen LogP contribution >= 0.6 is 23.5 Å². The molecule has 1 saturated heterocycles. The third-order valence-electron chi connectivity index (χ3n) is 2.41. The van der Waals surface area contributed by atoms with Gasteiger partial charge in [-0.1, -0.05) is 18.7 Å². The van der Waals surface area contributed by atoms with E-state index in [1.54, 1.807) is 0 Å². The van der Waals surface area contributed by atoms with Crippen LogP contribution in [-0.2, 0) is 0 Å². The Labute approximate surface area is 102 Å². The molecule has 2 nitrogen and oxygen atoms in total. The maximum Gasteiger partial charge on any atom is 0.156 e. The van der Waals surface area contributed by atoms with Gasteiger partial charge in [-0.3, -0.25) is 4.99 Å². The third-order valence-corrected chi connectivity index (χ3v) is 4.22. The van der Waals surface area contributed by atoms with Crippen LogP contribution in [0.25, 0.3) is 0 Å². The molecule has 0 aromatic rings. The summed E-state index contributed by atoms with van der Waals surface area (Å²) in [5.41, 5.74) is 0.229. The second-order valence-corrected chi connectivity index (χ2v) is 6.81. The average molecular weight is 246 g/mol. The van der Waals surface area contributed by atoms with E-state index in [-0.39, 0.29) is 5.54 Å². The molecule has 88 valence electrons. The van der Waals surface area contributed by atoms with Crippen LogP contribution in [0, 0.1) is 5.92 Å². The summed E-state index contributed by atoms with van der Waals surface area (Å²) in [7, 11) is 0. The second-order valence-electron chi connectivity index (χ2n) is 4.81. The molecule has 0 aromatic carbocycles. The molecule has 0 aliphatic carbocycles. The van der Waals surface area contributed by atoms with E-state index in [4.69, 9.17) is 0 Å². The minimum Gasteiger partial charge on any atom is -0.360 e. The second kappa shape index (κ2) is 6.04. The van der Waals surface area contributed by atoms with Gasteiger partial charge < -0.3 is 5.32 Å². The van der Waals surface area contributed by atoms with E-state index in [1.807, 2.05) is 23.5 Å². The van der Waals surface area contributed by atoms with Crippen molar-refractivity contribution in [2.75, 3.05) is 24.3 Å². The summed E-state index contributed by atoms with van der Waals surface area (Å²) in [6, 6.07) is 0. The monoisotopic (exact) mass is 246 g/mol. The minimum atomic E-state index is 0.229. The number of nitrogens with zero attached hydrogens (tertiary/aromatic N) is 1. The molecular formula is C11H22N2S2. The molecule has 0 saturated carbocycles. The lowest BCUT2D eigenvalue weighted by molar-refractivity contribution is 0.445. The summed E-state index contributed by atoms with van der Waals surface area (Å²) >= 11 is 3.76. The molecule has 1 N–H and O–H groups in total. The van der Waals surface area contributed by atoms with E-state index >= 15 is 0 Å². The van der Waals surface area contributed by atoms with Crippen molar-refractivity contribution in [1.82, 2.24) is 5.32 Å². The predicted molar refractivity (Wildman–Crippen MR) is 74.1 cm³/mol. The third kappa shape index (κ3) is 5.16. The zero-order chi connectivity index (χ0) is 11.3. The molecule has 0 aromatic heterocycles. The van der Waals surface area contributed by atoms with Gasteiger partial charge >= 0.3 is 0 Å². The standard InChI is InChI=1S/C11H22N2S2/c1-9(8-14-4)7-12-10-13-11(2,3)5-6-15-10/h9H,5-8H2,1-4H3,(H,12,13). The Hall–Kier alpha value is 0.170. The molecule has 15 heavy (non-hydrogen) atoms. The molecule has 1 atom stereocenters. The largest absolute Gasteiger partial charge is 0.360 e. The lowest BCUT2D eigenvalue weighted by Crippen LogP contribution is -2.46. The van der Waals surface area contributed by atoms with Crippen LogP contribution in [0.1, 0.15) is 27.2 Å². The van der Waals surface area contributed by atoms with Crippen LogP contribution < -0.4 is 5.32 Å². The first kappa shape index (κ1) is 13.2. The van der Waals surface area contributed by atoms with Gasteiger partial charge in [0.15, 0.2) is 5.17 Å². The smallest absolute Gasteiger partial charge is 0.156 e. The molecule has 0 radical (unpaired) electrons. The summed E-state index contributed by atoms with van der Waals surface area (Å²) in [5.74, 6) is 3.07. The van der Waals surface area contributed by atoms with Crippen LogP contribution in [0.3, 0.4) is 0 Å². The molecule has 0 spiro atoms. The zero-order valence-corrected chi connectivity index (χ0v) is 11.8. The molecular weight excluding hydrogens is 224 g/mol. The molecule has 1 heterocycles. The predicted octanol–water partition coefficient (Wildman–Crippen LogP) is 2.85. The molecule has 0 bridgehead atoms. The lowest BCUT2D eigenvalue weighted by Gasteiger charge is -2.32. The van der Waals surface area contributed by atoms with Gasteiger partial charge in [0.2, 0.25) is 0 Å². The number of rotatable bonds is 4. The molecule has 1 aliphatic rings. The highest BCUT2D eigenvalue weighted by molar-refractivity contribution is 8.13. The van der Waals surface area contributed by atoms with Crippen molar-refractivity contribution in [2.24, 2.45) is 10.9 Å². The fraction of sp³-hybridized carbons (Fsp3) is 0.909. The van der Waals surface area contributed by atoms with Crippen molar-refractivity contribution < 1.29 is 0 Å². The van der Waals surface area contributed by atoms with Crippen molar-refractivity contribution >= 4 is 28.7 Å². The normalized spacial score (nSPS) is 24.9. The highest BCUT2D eigenvalue weighted by Gasteiger charge is 2.23. The van der Waals surface area contributed by atoms with Crippen molar-refractivity contribution in [3.8, 4) is 0 Å². The van der Waals surface area contributed by atoms with Gasteiger partial charge in [0.1, 0.15) is 0 Å². The van der Waals surface area contributed by atoms with Gasteiger partial charge in [-0.2, -0.15) is 11.8 Å². The first-order valence-corrected chi connectivity index (χ1v) is 7.86. The molecule has 4 heteroatoms. The van der Waals surface area contributed by atoms with Crippen LogP contribution in [0.2, 0.25) is 0 Å². The maximum atomic E-state index is 4.65. The fourth-order valence-corrected chi connectivity index (χ4v) is 3.45. The highest BCUT2D eigenvalue weighted by Crippen LogP contribution is 2.21. The van der Waals surface area contributed by atoms with Gasteiger partial charge in [0, 0.05) is 17.8 Å². The van der Waals surface area contributed by atoms with Crippen molar-refractivity contribution in [3.63, 3.8) is 0 Å². The summed E-state index contributed by atoms with van der Waals surface area (Å²) in [5, 5.41) is 4.63. The fourth-order valence-electron chi connectivity index (χ4n) is 1.45. The van der Waals surface area contributed by atoms with Gasteiger partial charge in [-0.05, 0) is 38.2 Å². The Kier molecular flexibility index (Phi) is 5.33. The Balaban J connectivity index is 2.39. The zero-order valence-electron chi connectivity index (χ0n) is 10.2. The van der Waals surface area contributed by atoms with Crippen molar-refractivity contribution in [3.05, 3.63) is 0 Å². The van der Waals surface area contributed by atoms with Crippen LogP contribution in [-0.4, -0.2) is 35.0 Å². The first-order chi connectivity index (χ1) is 7.03. The highest BCUT2D eigenvalue weighted by atomic mass is 32.2. The van der Waals surface area contributed by atoms with Crippen LogP contribution in [0.5, 0.6) is 0 Å².